The predicted octanol–water partition coefficient (Wildman–Crippen LogP) is 3.94. The van der Waals surface area contributed by atoms with Crippen molar-refractivity contribution in [2.45, 2.75) is 46.1 Å². The third-order valence-corrected chi connectivity index (χ3v) is 7.90. The van der Waals surface area contributed by atoms with E-state index in [1.54, 1.807) is 52.1 Å². The number of halogens is 2. The Morgan fingerprint density at radius 1 is 1.29 bits per heavy atom. The van der Waals surface area contributed by atoms with Crippen LogP contribution in [0.15, 0.2) is 46.0 Å². The Balaban J connectivity index is 1.67. The molecule has 1 aromatic carbocycles. The van der Waals surface area contributed by atoms with E-state index in [1.165, 1.54) is 11.3 Å². The lowest BCUT2D eigenvalue weighted by Crippen LogP contribution is -2.53. The number of benzene rings is 1. The summed E-state index contributed by atoms with van der Waals surface area (Å²) in [5, 5.41) is 16.6. The molecule has 0 radical (unpaired) electrons. The van der Waals surface area contributed by atoms with Crippen molar-refractivity contribution >= 4 is 52.3 Å². The van der Waals surface area contributed by atoms with Gasteiger partial charge in [0.05, 0.1) is 25.4 Å². The monoisotopic (exact) mass is 640 g/mol. The van der Waals surface area contributed by atoms with Crippen molar-refractivity contribution in [2.24, 2.45) is 10.4 Å². The van der Waals surface area contributed by atoms with Gasteiger partial charge in [-0.15, -0.1) is 11.3 Å². The Morgan fingerprint density at radius 3 is 2.74 bits per heavy atom. The first-order chi connectivity index (χ1) is 20.0. The number of thiazole rings is 1. The van der Waals surface area contributed by atoms with E-state index in [4.69, 9.17) is 47.1 Å². The summed E-state index contributed by atoms with van der Waals surface area (Å²) in [7, 11) is 0. The molecule has 14 heteroatoms. The minimum Gasteiger partial charge on any atom is -0.463 e. The molecule has 3 atom stereocenters. The molecule has 3 unspecified atom stereocenters. The third kappa shape index (κ3) is 7.87. The normalized spacial score (nSPS) is 20.5. The van der Waals surface area contributed by atoms with Crippen molar-refractivity contribution in [1.82, 2.24) is 15.2 Å². The zero-order valence-electron chi connectivity index (χ0n) is 23.8. The first-order valence-electron chi connectivity index (χ1n) is 13.4. The van der Waals surface area contributed by atoms with Crippen molar-refractivity contribution in [3.05, 3.63) is 61.7 Å². The van der Waals surface area contributed by atoms with E-state index in [0.717, 1.165) is 0 Å². The molecule has 1 fully saturated rings. The number of aliphatic hydroxyl groups is 1. The second kappa shape index (κ2) is 14.3. The van der Waals surface area contributed by atoms with Crippen molar-refractivity contribution in [3.63, 3.8) is 0 Å². The van der Waals surface area contributed by atoms with Gasteiger partial charge in [0.25, 0.3) is 0 Å². The van der Waals surface area contributed by atoms with Crippen LogP contribution >= 0.6 is 34.5 Å². The predicted molar refractivity (Wildman–Crippen MR) is 158 cm³/mol. The molecule has 1 saturated heterocycles. The fourth-order valence-electron chi connectivity index (χ4n) is 4.32. The fourth-order valence-corrected chi connectivity index (χ4v) is 5.42. The average molecular weight is 642 g/mol. The second-order valence-corrected chi connectivity index (χ2v) is 12.4. The van der Waals surface area contributed by atoms with Gasteiger partial charge in [-0.25, -0.2) is 9.78 Å². The van der Waals surface area contributed by atoms with Crippen LogP contribution in [0.25, 0.3) is 0 Å². The molecule has 2 aliphatic heterocycles. The summed E-state index contributed by atoms with van der Waals surface area (Å²) in [6, 6.07) is 3.36. The summed E-state index contributed by atoms with van der Waals surface area (Å²) >= 11 is 14.1. The quantitative estimate of drug-likeness (QED) is 0.291. The second-order valence-electron chi connectivity index (χ2n) is 10.6. The molecule has 0 saturated carbocycles. The van der Waals surface area contributed by atoms with E-state index in [2.05, 4.69) is 10.3 Å². The van der Waals surface area contributed by atoms with Gasteiger partial charge in [-0.05, 0) is 19.1 Å². The van der Waals surface area contributed by atoms with Crippen LogP contribution < -0.4 is 5.32 Å². The number of hydrogen-bond donors (Lipinski definition) is 2. The molecule has 2 N–H and O–H groups in total. The van der Waals surface area contributed by atoms with Gasteiger partial charge < -0.3 is 29.4 Å². The number of esters is 2. The van der Waals surface area contributed by atoms with Crippen LogP contribution in [0.2, 0.25) is 10.0 Å². The number of ether oxygens (including phenoxy) is 4. The van der Waals surface area contributed by atoms with Gasteiger partial charge in [-0.1, -0.05) is 50.0 Å². The maximum Gasteiger partial charge on any atom is 0.338 e. The summed E-state index contributed by atoms with van der Waals surface area (Å²) in [5.41, 5.74) is 0.736. The third-order valence-electron chi connectivity index (χ3n) is 6.55. The lowest BCUT2D eigenvalue weighted by molar-refractivity contribution is -0.215. The Kier molecular flexibility index (Phi) is 11.0. The number of rotatable bonds is 10. The van der Waals surface area contributed by atoms with Crippen LogP contribution in [-0.4, -0.2) is 84.8 Å². The van der Waals surface area contributed by atoms with E-state index in [1.807, 2.05) is 10.3 Å². The first kappa shape index (κ1) is 32.3. The number of carbonyl (C=O) groups excluding carboxylic acids is 2. The maximum absolute atomic E-state index is 13.5. The standard InChI is InChI=1S/C28H34Cl2N4O7S/c1-5-39-26(36)21-19(13-34-9-10-38-14-20(34)25(35)40-15-41-27(37)28(2,3)4)32-23(24-31-8-11-42-24)33-22(21)17-7-6-16(29)12-18(17)30/h6-8,11-12,20,22,27,37H,5,9-10,13-15H2,1-4H3,(H,32,33). The zero-order chi connectivity index (χ0) is 30.4. The number of aliphatic hydroxyl groups excluding tert-OH is 1. The Bertz CT molecular complexity index is 1330. The zero-order valence-corrected chi connectivity index (χ0v) is 26.1. The Labute approximate surface area is 258 Å². The van der Waals surface area contributed by atoms with Crippen LogP contribution in [-0.2, 0) is 28.5 Å². The maximum atomic E-state index is 13.5. The number of morpholine rings is 1. The molecular weight excluding hydrogens is 607 g/mol. The number of aromatic nitrogens is 1. The highest BCUT2D eigenvalue weighted by Gasteiger charge is 2.38. The molecule has 0 bridgehead atoms. The van der Waals surface area contributed by atoms with Gasteiger partial charge in [0.1, 0.15) is 12.1 Å². The number of hydrogen-bond acceptors (Lipinski definition) is 12. The fraction of sp³-hybridized carbons (Fsp3) is 0.500. The highest BCUT2D eigenvalue weighted by molar-refractivity contribution is 7.11. The van der Waals surface area contributed by atoms with Gasteiger partial charge in [0.2, 0.25) is 0 Å². The lowest BCUT2D eigenvalue weighted by atomic mass is 9.95. The molecular formula is C28H34Cl2N4O7S. The molecule has 228 valence electrons. The van der Waals surface area contributed by atoms with Crippen molar-refractivity contribution in [3.8, 4) is 0 Å². The topological polar surface area (TPSA) is 132 Å². The number of amidine groups is 1. The van der Waals surface area contributed by atoms with Gasteiger partial charge in [0.15, 0.2) is 23.9 Å². The van der Waals surface area contributed by atoms with Crippen LogP contribution in [0, 0.1) is 5.41 Å². The van der Waals surface area contributed by atoms with E-state index < -0.39 is 42.5 Å². The molecule has 2 aliphatic rings. The average Bonchev–Trinajstić information content (AvgIpc) is 3.48. The van der Waals surface area contributed by atoms with E-state index in [9.17, 15) is 14.7 Å². The minimum absolute atomic E-state index is 0.0720. The van der Waals surface area contributed by atoms with E-state index >= 15 is 0 Å². The van der Waals surface area contributed by atoms with E-state index in [0.29, 0.717) is 45.3 Å². The van der Waals surface area contributed by atoms with Gasteiger partial charge in [-0.3, -0.25) is 14.7 Å². The van der Waals surface area contributed by atoms with Crippen LogP contribution in [0.5, 0.6) is 0 Å². The summed E-state index contributed by atoms with van der Waals surface area (Å²) in [6.07, 6.45) is 0.540. The first-order valence-corrected chi connectivity index (χ1v) is 15.0. The molecule has 4 rings (SSSR count). The van der Waals surface area contributed by atoms with Gasteiger partial charge in [0, 0.05) is 51.4 Å². The summed E-state index contributed by atoms with van der Waals surface area (Å²) in [5.74, 6) is -0.716. The largest absolute Gasteiger partial charge is 0.463 e. The van der Waals surface area contributed by atoms with Crippen LogP contribution in [0.1, 0.15) is 44.3 Å². The molecule has 1 aromatic heterocycles. The SMILES string of the molecule is CCOC(=O)C1=C(CN2CCOCC2C(=O)OCOC(O)C(C)(C)C)NC(c2nccs2)=NC1c1ccc(Cl)cc1Cl. The van der Waals surface area contributed by atoms with Crippen molar-refractivity contribution in [2.75, 3.05) is 39.7 Å². The highest BCUT2D eigenvalue weighted by Crippen LogP contribution is 2.37. The summed E-state index contributed by atoms with van der Waals surface area (Å²) < 4.78 is 21.7. The van der Waals surface area contributed by atoms with Crippen LogP contribution in [0.3, 0.4) is 0 Å². The molecule has 0 aliphatic carbocycles. The molecule has 11 nitrogen and oxygen atoms in total. The van der Waals surface area contributed by atoms with Crippen molar-refractivity contribution in [1.29, 1.82) is 0 Å². The molecule has 3 heterocycles. The summed E-state index contributed by atoms with van der Waals surface area (Å²) in [4.78, 5) is 37.7. The number of nitrogens with zero attached hydrogens (tertiary/aromatic N) is 3. The molecule has 0 amide bonds. The van der Waals surface area contributed by atoms with Crippen LogP contribution in [0.4, 0.5) is 0 Å². The minimum atomic E-state index is -1.12. The number of aliphatic imine (C=N–C) groups is 1. The smallest absolute Gasteiger partial charge is 0.338 e. The van der Waals surface area contributed by atoms with Crippen molar-refractivity contribution < 1.29 is 33.6 Å². The lowest BCUT2D eigenvalue weighted by Gasteiger charge is -2.36. The summed E-state index contributed by atoms with van der Waals surface area (Å²) in [6.45, 7) is 7.80. The highest BCUT2D eigenvalue weighted by atomic mass is 35.5. The Hall–Kier alpha value is -2.58. The molecule has 2 aromatic rings. The molecule has 42 heavy (non-hydrogen) atoms. The number of nitrogens with one attached hydrogen (secondary N) is 1. The van der Waals surface area contributed by atoms with Gasteiger partial charge in [-0.2, -0.15) is 0 Å². The Morgan fingerprint density at radius 2 is 2.07 bits per heavy atom. The number of carbonyl (C=O) groups is 2. The van der Waals surface area contributed by atoms with E-state index in [-0.39, 0.29) is 25.3 Å². The van der Waals surface area contributed by atoms with Gasteiger partial charge >= 0.3 is 11.9 Å². The molecule has 0 spiro atoms.